The lowest BCUT2D eigenvalue weighted by Gasteiger charge is -2.17. The summed E-state index contributed by atoms with van der Waals surface area (Å²) >= 11 is 0. The summed E-state index contributed by atoms with van der Waals surface area (Å²) < 4.78 is 41.1. The number of hydrogen-bond acceptors (Lipinski definition) is 9. The summed E-state index contributed by atoms with van der Waals surface area (Å²) in [6.07, 6.45) is -4.73. The normalized spacial score (nSPS) is 23.4. The van der Waals surface area contributed by atoms with E-state index in [-0.39, 0.29) is 15.4 Å². The van der Waals surface area contributed by atoms with E-state index < -0.39 is 41.6 Å². The maximum absolute atomic E-state index is 13.5. The van der Waals surface area contributed by atoms with E-state index in [1.54, 1.807) is 17.1 Å². The third-order valence-corrected chi connectivity index (χ3v) is 5.47. The molecule has 1 saturated heterocycles. The fourth-order valence-electron chi connectivity index (χ4n) is 3.09. The second-order valence-corrected chi connectivity index (χ2v) is 7.59. The molecule has 0 spiro atoms. The quantitative estimate of drug-likeness (QED) is 0.434. The minimum atomic E-state index is -1.54. The van der Waals surface area contributed by atoms with Crippen LogP contribution in [0.5, 0.6) is 17.2 Å². The fourth-order valence-corrected chi connectivity index (χ4v) is 3.89. The molecule has 3 unspecified atom stereocenters. The first-order chi connectivity index (χ1) is 14.8. The van der Waals surface area contributed by atoms with Crippen molar-refractivity contribution in [2.24, 2.45) is 0 Å². The summed E-state index contributed by atoms with van der Waals surface area (Å²) in [5, 5.41) is 21.2. The molecule has 13 heteroatoms. The number of H-pyrrole nitrogens is 1. The van der Waals surface area contributed by atoms with Gasteiger partial charge in [0.25, 0.3) is 5.56 Å². The van der Waals surface area contributed by atoms with E-state index in [2.05, 4.69) is 0 Å². The van der Waals surface area contributed by atoms with E-state index in [1.165, 1.54) is 21.3 Å². The number of aromatic amines is 1. The highest BCUT2D eigenvalue weighted by molar-refractivity contribution is 7.41. The van der Waals surface area contributed by atoms with Crippen molar-refractivity contribution in [3.8, 4) is 17.2 Å². The zero-order chi connectivity index (χ0) is 22.7. The molecule has 11 nitrogen and oxygen atoms in total. The Kier molecular flexibility index (Phi) is 7.29. The van der Waals surface area contributed by atoms with Crippen LogP contribution < -0.4 is 30.8 Å². The van der Waals surface area contributed by atoms with E-state index >= 15 is 0 Å². The molecule has 5 atom stereocenters. The van der Waals surface area contributed by atoms with Gasteiger partial charge in [-0.2, -0.15) is 4.39 Å². The van der Waals surface area contributed by atoms with Crippen molar-refractivity contribution in [1.29, 1.82) is 0 Å². The van der Waals surface area contributed by atoms with Crippen molar-refractivity contribution in [2.75, 3.05) is 27.9 Å². The Morgan fingerprint density at radius 3 is 2.35 bits per heavy atom. The molecule has 170 valence electrons. The van der Waals surface area contributed by atoms with Crippen LogP contribution in [0.1, 0.15) is 6.23 Å². The van der Waals surface area contributed by atoms with Crippen LogP contribution in [0, 0.1) is 5.82 Å². The van der Waals surface area contributed by atoms with Crippen molar-refractivity contribution >= 4 is 14.1 Å². The van der Waals surface area contributed by atoms with Gasteiger partial charge in [0.15, 0.2) is 17.7 Å². The number of aliphatic hydroxyl groups is 2. The molecule has 0 amide bonds. The van der Waals surface area contributed by atoms with Gasteiger partial charge >= 0.3 is 5.69 Å². The number of aliphatic hydroxyl groups excluding tert-OH is 2. The Labute approximate surface area is 177 Å². The Morgan fingerprint density at radius 1 is 1.13 bits per heavy atom. The summed E-state index contributed by atoms with van der Waals surface area (Å²) in [5.74, 6) is 0.0891. The van der Waals surface area contributed by atoms with Crippen LogP contribution in [0.25, 0.3) is 0 Å². The number of aromatic nitrogens is 2. The van der Waals surface area contributed by atoms with Gasteiger partial charge in [0.1, 0.15) is 18.3 Å². The molecule has 1 aromatic heterocycles. The molecule has 0 saturated carbocycles. The lowest BCUT2D eigenvalue weighted by Crippen LogP contribution is -2.38. The zero-order valence-corrected chi connectivity index (χ0v) is 17.8. The van der Waals surface area contributed by atoms with Crippen LogP contribution in [-0.4, -0.2) is 66.0 Å². The second-order valence-electron chi connectivity index (χ2n) is 6.52. The van der Waals surface area contributed by atoms with Crippen LogP contribution in [0.4, 0.5) is 4.39 Å². The topological polar surface area (TPSA) is 141 Å². The van der Waals surface area contributed by atoms with Gasteiger partial charge in [0.2, 0.25) is 11.6 Å². The molecule has 2 heterocycles. The van der Waals surface area contributed by atoms with Gasteiger partial charge in [0, 0.05) is 14.1 Å². The molecule has 1 aliphatic rings. The maximum atomic E-state index is 13.5. The first kappa shape index (κ1) is 23.2. The third kappa shape index (κ3) is 4.73. The number of benzene rings is 1. The fraction of sp³-hybridized carbons (Fsp3) is 0.444. The number of halogens is 1. The summed E-state index contributed by atoms with van der Waals surface area (Å²) in [7, 11) is 4.25. The molecule has 0 radical (unpaired) electrons. The average molecular weight is 460 g/mol. The Bertz CT molecular complexity index is 1020. The van der Waals surface area contributed by atoms with E-state index in [9.17, 15) is 24.2 Å². The lowest BCUT2D eigenvalue weighted by molar-refractivity contribution is -0.0505. The Balaban J connectivity index is 1.69. The van der Waals surface area contributed by atoms with Crippen LogP contribution in [0.3, 0.4) is 0 Å². The number of methoxy groups -OCH3 is 3. The SMILES string of the molecule is COc1cc(POC[C@@H]2O[C@H](n3cc(F)c(=O)[nH]c3=O)C(O)C2O)cc(OC)c1OC. The Hall–Kier alpha value is -2.50. The molecular weight excluding hydrogens is 438 g/mol. The van der Waals surface area contributed by atoms with Crippen LogP contribution in [0.2, 0.25) is 0 Å². The summed E-state index contributed by atoms with van der Waals surface area (Å²) in [5.41, 5.74) is -2.18. The molecule has 1 aromatic carbocycles. The first-order valence-electron chi connectivity index (χ1n) is 9.01. The van der Waals surface area contributed by atoms with Crippen LogP contribution in [0.15, 0.2) is 27.9 Å². The number of ether oxygens (including phenoxy) is 4. The lowest BCUT2D eigenvalue weighted by atomic mass is 10.1. The van der Waals surface area contributed by atoms with Gasteiger partial charge in [-0.1, -0.05) is 0 Å². The number of nitrogens with zero attached hydrogens (tertiary/aromatic N) is 1. The molecule has 0 bridgehead atoms. The summed E-state index contributed by atoms with van der Waals surface area (Å²) in [6.45, 7) is -0.135. The van der Waals surface area contributed by atoms with Gasteiger partial charge in [-0.15, -0.1) is 0 Å². The van der Waals surface area contributed by atoms with Gasteiger partial charge < -0.3 is 33.7 Å². The van der Waals surface area contributed by atoms with Crippen LogP contribution >= 0.6 is 8.81 Å². The Morgan fingerprint density at radius 2 is 1.77 bits per heavy atom. The highest BCUT2D eigenvalue weighted by atomic mass is 31.1. The van der Waals surface area contributed by atoms with E-state index in [0.29, 0.717) is 33.3 Å². The minimum absolute atomic E-state index is 0.135. The minimum Gasteiger partial charge on any atom is -0.493 e. The molecule has 1 fully saturated rings. The van der Waals surface area contributed by atoms with E-state index in [0.717, 1.165) is 0 Å². The summed E-state index contributed by atoms with van der Waals surface area (Å²) in [4.78, 5) is 24.9. The predicted octanol–water partition coefficient (Wildman–Crippen LogP) is -0.744. The molecule has 1 aliphatic heterocycles. The van der Waals surface area contributed by atoms with Crippen molar-refractivity contribution in [1.82, 2.24) is 9.55 Å². The smallest absolute Gasteiger partial charge is 0.330 e. The monoisotopic (exact) mass is 460 g/mol. The number of nitrogens with one attached hydrogen (secondary N) is 1. The van der Waals surface area contributed by atoms with E-state index in [4.69, 9.17) is 23.5 Å². The largest absolute Gasteiger partial charge is 0.493 e. The highest BCUT2D eigenvalue weighted by Crippen LogP contribution is 2.37. The molecular formula is C18H22FN2O9P. The molecule has 3 N–H and O–H groups in total. The zero-order valence-electron chi connectivity index (χ0n) is 16.8. The van der Waals surface area contributed by atoms with Gasteiger partial charge in [-0.05, 0) is 12.1 Å². The van der Waals surface area contributed by atoms with Crippen molar-refractivity contribution in [3.63, 3.8) is 0 Å². The summed E-state index contributed by atoms with van der Waals surface area (Å²) in [6, 6.07) is 3.40. The number of hydrogen-bond donors (Lipinski definition) is 3. The molecule has 0 aliphatic carbocycles. The standard InChI is InChI=1S/C18H22FN2O9P/c1-26-10-4-8(5-11(27-2)15(10)28-3)31-29-7-12-13(22)14(23)17(30-12)21-6-9(19)16(24)20-18(21)25/h4-6,12-14,17,22-23,31H,7H2,1-3H3,(H,20,24,25)/t12-,13?,14?,17-/m0/s1. The molecule has 31 heavy (non-hydrogen) atoms. The van der Waals surface area contributed by atoms with Crippen molar-refractivity contribution in [2.45, 2.75) is 24.5 Å². The molecule has 3 rings (SSSR count). The maximum Gasteiger partial charge on any atom is 0.330 e. The number of rotatable bonds is 8. The van der Waals surface area contributed by atoms with Crippen molar-refractivity contribution < 1.29 is 38.1 Å². The van der Waals surface area contributed by atoms with Crippen LogP contribution in [-0.2, 0) is 9.26 Å². The van der Waals surface area contributed by atoms with Gasteiger partial charge in [-0.25, -0.2) is 4.79 Å². The first-order valence-corrected chi connectivity index (χ1v) is 9.91. The predicted molar refractivity (Wildman–Crippen MR) is 107 cm³/mol. The second kappa shape index (κ2) is 9.75. The third-order valence-electron chi connectivity index (χ3n) is 4.64. The van der Waals surface area contributed by atoms with Gasteiger partial charge in [-0.3, -0.25) is 14.3 Å². The van der Waals surface area contributed by atoms with Crippen molar-refractivity contribution in [3.05, 3.63) is 45.0 Å². The highest BCUT2D eigenvalue weighted by Gasteiger charge is 2.44. The average Bonchev–Trinajstić information content (AvgIpc) is 3.03. The van der Waals surface area contributed by atoms with Gasteiger partial charge in [0.05, 0.1) is 34.1 Å². The van der Waals surface area contributed by atoms with E-state index in [1.807, 2.05) is 0 Å². The molecule has 2 aromatic rings.